The Kier molecular flexibility index (Phi) is 7.71. The van der Waals surface area contributed by atoms with Crippen LogP contribution in [-0.2, 0) is 11.3 Å². The zero-order chi connectivity index (χ0) is 19.8. The molecule has 1 fully saturated rings. The number of carbonyl (C=O) groups is 1. The van der Waals surface area contributed by atoms with Gasteiger partial charge in [0, 0.05) is 31.3 Å². The molecule has 1 unspecified atom stereocenters. The summed E-state index contributed by atoms with van der Waals surface area (Å²) in [6, 6.07) is 15.2. The normalized spacial score (nSPS) is 16.9. The Balaban J connectivity index is 1.57. The third kappa shape index (κ3) is 5.71. The summed E-state index contributed by atoms with van der Waals surface area (Å²) in [5, 5.41) is 3.76. The van der Waals surface area contributed by atoms with E-state index in [9.17, 15) is 4.79 Å². The first-order valence-electron chi connectivity index (χ1n) is 9.65. The van der Waals surface area contributed by atoms with Gasteiger partial charge in [-0.3, -0.25) is 9.69 Å². The molecule has 0 bridgehead atoms. The lowest BCUT2D eigenvalue weighted by Crippen LogP contribution is -2.41. The van der Waals surface area contributed by atoms with E-state index in [1.165, 1.54) is 0 Å². The number of halogens is 1. The van der Waals surface area contributed by atoms with Crippen molar-refractivity contribution in [2.45, 2.75) is 25.5 Å². The van der Waals surface area contributed by atoms with Crippen molar-refractivity contribution in [3.63, 3.8) is 0 Å². The van der Waals surface area contributed by atoms with Crippen molar-refractivity contribution in [2.24, 2.45) is 0 Å². The van der Waals surface area contributed by atoms with E-state index in [0.29, 0.717) is 42.1 Å². The van der Waals surface area contributed by atoms with Crippen molar-refractivity contribution in [1.82, 2.24) is 10.2 Å². The average Bonchev–Trinajstić information content (AvgIpc) is 3.17. The van der Waals surface area contributed by atoms with Gasteiger partial charge in [-0.25, -0.2) is 0 Å². The molecule has 1 saturated heterocycles. The number of methoxy groups -OCH3 is 1. The maximum Gasteiger partial charge on any atom is 0.255 e. The summed E-state index contributed by atoms with van der Waals surface area (Å²) < 4.78 is 11.1. The van der Waals surface area contributed by atoms with E-state index in [1.807, 2.05) is 42.5 Å². The predicted octanol–water partition coefficient (Wildman–Crippen LogP) is 3.76. The Labute approximate surface area is 171 Å². The molecular formula is C22H27ClN2O3. The average molecular weight is 403 g/mol. The molecule has 1 atom stereocenters. The highest BCUT2D eigenvalue weighted by molar-refractivity contribution is 6.30. The number of hydrogen-bond donors (Lipinski definition) is 1. The Bertz CT molecular complexity index is 767. The van der Waals surface area contributed by atoms with Crippen molar-refractivity contribution in [3.8, 4) is 5.75 Å². The van der Waals surface area contributed by atoms with Gasteiger partial charge < -0.3 is 14.8 Å². The Morgan fingerprint density at radius 2 is 2.00 bits per heavy atom. The molecule has 1 heterocycles. The molecule has 2 aromatic carbocycles. The molecule has 28 heavy (non-hydrogen) atoms. The lowest BCUT2D eigenvalue weighted by molar-refractivity contribution is 0.0928. The van der Waals surface area contributed by atoms with Crippen LogP contribution in [0.25, 0.3) is 0 Å². The minimum Gasteiger partial charge on any atom is -0.488 e. The summed E-state index contributed by atoms with van der Waals surface area (Å²) in [7, 11) is 1.72. The fraction of sp³-hybridized carbons (Fsp3) is 0.409. The predicted molar refractivity (Wildman–Crippen MR) is 111 cm³/mol. The molecule has 3 rings (SSSR count). The second kappa shape index (κ2) is 10.5. The molecule has 150 valence electrons. The van der Waals surface area contributed by atoms with Crippen LogP contribution in [0.3, 0.4) is 0 Å². The van der Waals surface area contributed by atoms with Gasteiger partial charge in [0.1, 0.15) is 12.4 Å². The fourth-order valence-corrected chi connectivity index (χ4v) is 3.58. The number of ether oxygens (including phenoxy) is 2. The molecule has 1 aliphatic heterocycles. The lowest BCUT2D eigenvalue weighted by atomic mass is 10.1. The molecule has 1 aliphatic rings. The molecule has 6 heteroatoms. The molecular weight excluding hydrogens is 376 g/mol. The Morgan fingerprint density at radius 1 is 1.21 bits per heavy atom. The number of hydrogen-bond acceptors (Lipinski definition) is 4. The first-order chi connectivity index (χ1) is 13.7. The Hall–Kier alpha value is -2.08. The summed E-state index contributed by atoms with van der Waals surface area (Å²) >= 11 is 5.92. The molecule has 5 nitrogen and oxygen atoms in total. The highest BCUT2D eigenvalue weighted by atomic mass is 35.5. The highest BCUT2D eigenvalue weighted by Crippen LogP contribution is 2.21. The number of nitrogens with one attached hydrogen (secondary N) is 1. The van der Waals surface area contributed by atoms with Crippen LogP contribution in [0.1, 0.15) is 28.8 Å². The number of likely N-dealkylation sites (tertiary alicyclic amines) is 1. The number of benzene rings is 2. The highest BCUT2D eigenvalue weighted by Gasteiger charge is 2.24. The third-order valence-corrected chi connectivity index (χ3v) is 5.27. The number of rotatable bonds is 9. The molecule has 1 amide bonds. The summed E-state index contributed by atoms with van der Waals surface area (Å²) in [5.41, 5.74) is 1.55. The first kappa shape index (κ1) is 20.6. The van der Waals surface area contributed by atoms with Crippen LogP contribution in [0.15, 0.2) is 48.5 Å². The topological polar surface area (TPSA) is 50.8 Å². The SMILES string of the molecule is COCCN1CCCC1CNC(=O)c1ccccc1OCc1ccc(Cl)cc1. The smallest absolute Gasteiger partial charge is 0.255 e. The third-order valence-electron chi connectivity index (χ3n) is 5.02. The minimum absolute atomic E-state index is 0.106. The van der Waals surface area contributed by atoms with Crippen LogP contribution in [0, 0.1) is 0 Å². The monoisotopic (exact) mass is 402 g/mol. The second-order valence-corrected chi connectivity index (χ2v) is 7.38. The van der Waals surface area contributed by atoms with Crippen molar-refractivity contribution < 1.29 is 14.3 Å². The second-order valence-electron chi connectivity index (χ2n) is 6.95. The van der Waals surface area contributed by atoms with E-state index in [1.54, 1.807) is 13.2 Å². The van der Waals surface area contributed by atoms with Crippen LogP contribution in [0.4, 0.5) is 0 Å². The summed E-state index contributed by atoms with van der Waals surface area (Å²) in [4.78, 5) is 15.1. The summed E-state index contributed by atoms with van der Waals surface area (Å²) in [6.07, 6.45) is 2.25. The molecule has 1 N–H and O–H groups in total. The van der Waals surface area contributed by atoms with Crippen LogP contribution in [-0.4, -0.2) is 50.2 Å². The maximum atomic E-state index is 12.7. The number of nitrogens with zero attached hydrogens (tertiary/aromatic N) is 1. The Morgan fingerprint density at radius 3 is 2.79 bits per heavy atom. The molecule has 0 aromatic heterocycles. The molecule has 0 radical (unpaired) electrons. The van der Waals surface area contributed by atoms with Gasteiger partial charge in [0.2, 0.25) is 0 Å². The zero-order valence-electron chi connectivity index (χ0n) is 16.2. The minimum atomic E-state index is -0.106. The van der Waals surface area contributed by atoms with E-state index in [2.05, 4.69) is 10.2 Å². The zero-order valence-corrected chi connectivity index (χ0v) is 17.0. The van der Waals surface area contributed by atoms with Gasteiger partial charge in [-0.15, -0.1) is 0 Å². The number of carbonyl (C=O) groups excluding carboxylic acids is 1. The first-order valence-corrected chi connectivity index (χ1v) is 10.0. The van der Waals surface area contributed by atoms with Gasteiger partial charge in [0.25, 0.3) is 5.91 Å². The van der Waals surface area contributed by atoms with Gasteiger partial charge in [0.15, 0.2) is 0 Å². The van der Waals surface area contributed by atoms with Crippen molar-refractivity contribution in [3.05, 3.63) is 64.7 Å². The van der Waals surface area contributed by atoms with Gasteiger partial charge in [-0.05, 0) is 49.2 Å². The van der Waals surface area contributed by atoms with Gasteiger partial charge in [-0.2, -0.15) is 0 Å². The van der Waals surface area contributed by atoms with E-state index in [-0.39, 0.29) is 5.91 Å². The van der Waals surface area contributed by atoms with E-state index >= 15 is 0 Å². The van der Waals surface area contributed by atoms with E-state index < -0.39 is 0 Å². The van der Waals surface area contributed by atoms with Crippen LogP contribution in [0.5, 0.6) is 5.75 Å². The quantitative estimate of drug-likeness (QED) is 0.693. The van der Waals surface area contributed by atoms with E-state index in [4.69, 9.17) is 21.1 Å². The fourth-order valence-electron chi connectivity index (χ4n) is 3.46. The van der Waals surface area contributed by atoms with Crippen LogP contribution < -0.4 is 10.1 Å². The summed E-state index contributed by atoms with van der Waals surface area (Å²) in [6.45, 7) is 3.69. The number of amides is 1. The molecule has 0 spiro atoms. The van der Waals surface area contributed by atoms with Gasteiger partial charge >= 0.3 is 0 Å². The van der Waals surface area contributed by atoms with Gasteiger partial charge in [0.05, 0.1) is 12.2 Å². The molecule has 2 aromatic rings. The van der Waals surface area contributed by atoms with Crippen molar-refractivity contribution in [1.29, 1.82) is 0 Å². The van der Waals surface area contributed by atoms with Gasteiger partial charge in [-0.1, -0.05) is 35.9 Å². The lowest BCUT2D eigenvalue weighted by Gasteiger charge is -2.24. The maximum absolute atomic E-state index is 12.7. The van der Waals surface area contributed by atoms with E-state index in [0.717, 1.165) is 31.5 Å². The molecule has 0 saturated carbocycles. The molecule has 0 aliphatic carbocycles. The van der Waals surface area contributed by atoms with Crippen LogP contribution >= 0.6 is 11.6 Å². The summed E-state index contributed by atoms with van der Waals surface area (Å²) in [5.74, 6) is 0.475. The number of para-hydroxylation sites is 1. The van der Waals surface area contributed by atoms with Crippen molar-refractivity contribution in [2.75, 3.05) is 33.4 Å². The standard InChI is InChI=1S/C22H27ClN2O3/c1-27-14-13-25-12-4-5-19(25)15-24-22(26)20-6-2-3-7-21(20)28-16-17-8-10-18(23)11-9-17/h2-3,6-11,19H,4-5,12-16H2,1H3,(H,24,26). The largest absolute Gasteiger partial charge is 0.488 e. The van der Waals surface area contributed by atoms with Crippen molar-refractivity contribution >= 4 is 17.5 Å². The van der Waals surface area contributed by atoms with Crippen LogP contribution in [0.2, 0.25) is 5.02 Å².